The molecule has 0 bridgehead atoms. The lowest BCUT2D eigenvalue weighted by Gasteiger charge is -2.33. The molecule has 0 aliphatic carbocycles. The van der Waals surface area contributed by atoms with Crippen LogP contribution < -0.4 is 10.6 Å². The van der Waals surface area contributed by atoms with Crippen LogP contribution in [0.4, 0.5) is 11.6 Å². The van der Waals surface area contributed by atoms with E-state index in [2.05, 4.69) is 9.97 Å². The summed E-state index contributed by atoms with van der Waals surface area (Å²) in [4.78, 5) is 32.2. The number of fused-ring (bicyclic) bond motifs is 1. The Balaban J connectivity index is 1.61. The molecule has 9 heteroatoms. The third-order valence-electron chi connectivity index (χ3n) is 5.20. The van der Waals surface area contributed by atoms with Crippen molar-refractivity contribution in [2.24, 2.45) is 7.05 Å². The van der Waals surface area contributed by atoms with E-state index in [-0.39, 0.29) is 17.5 Å². The van der Waals surface area contributed by atoms with Crippen LogP contribution in [0.2, 0.25) is 0 Å². The second-order valence-corrected chi connectivity index (χ2v) is 6.66. The van der Waals surface area contributed by atoms with Crippen LogP contribution in [0.25, 0.3) is 11.0 Å². The average molecular weight is 356 g/mol. The number of nitrogens with zero attached hydrogens (tertiary/aromatic N) is 5. The lowest BCUT2D eigenvalue weighted by atomic mass is 10.0. The second-order valence-electron chi connectivity index (χ2n) is 6.66. The molecule has 0 spiro atoms. The van der Waals surface area contributed by atoms with Crippen LogP contribution in [0.5, 0.6) is 0 Å². The fourth-order valence-corrected chi connectivity index (χ4v) is 3.83. The summed E-state index contributed by atoms with van der Waals surface area (Å²) >= 11 is 0. The van der Waals surface area contributed by atoms with Crippen molar-refractivity contribution in [2.75, 3.05) is 18.0 Å². The summed E-state index contributed by atoms with van der Waals surface area (Å²) in [5.74, 6) is 1.05. The first-order chi connectivity index (χ1) is 12.5. The molecule has 9 nitrogen and oxygen atoms in total. The summed E-state index contributed by atoms with van der Waals surface area (Å²) in [5, 5.41) is 11.3. The third-order valence-corrected chi connectivity index (χ3v) is 5.20. The summed E-state index contributed by atoms with van der Waals surface area (Å²) in [7, 11) is 1.79. The maximum atomic E-state index is 12.4. The van der Waals surface area contributed by atoms with Crippen LogP contribution in [0.15, 0.2) is 29.1 Å². The van der Waals surface area contributed by atoms with Crippen molar-refractivity contribution in [1.29, 1.82) is 0 Å². The number of H-pyrrole nitrogens is 1. The van der Waals surface area contributed by atoms with Gasteiger partial charge in [-0.1, -0.05) is 12.1 Å². The van der Waals surface area contributed by atoms with Gasteiger partial charge in [-0.3, -0.25) is 9.13 Å². The molecule has 1 aliphatic heterocycles. The van der Waals surface area contributed by atoms with Crippen LogP contribution in [0.3, 0.4) is 0 Å². The zero-order chi connectivity index (χ0) is 18.4. The summed E-state index contributed by atoms with van der Waals surface area (Å²) in [5.41, 5.74) is 1.63. The second kappa shape index (κ2) is 6.01. The first-order valence-corrected chi connectivity index (χ1v) is 8.59. The highest BCUT2D eigenvalue weighted by atomic mass is 16.6. The van der Waals surface area contributed by atoms with E-state index in [9.17, 15) is 14.9 Å². The van der Waals surface area contributed by atoms with Crippen LogP contribution in [-0.4, -0.2) is 37.1 Å². The molecule has 2 aromatic heterocycles. The number of aryl methyl sites for hydroxylation is 1. The van der Waals surface area contributed by atoms with E-state index < -0.39 is 4.92 Å². The molecule has 1 fully saturated rings. The monoisotopic (exact) mass is 356 g/mol. The number of aromatic amines is 1. The van der Waals surface area contributed by atoms with Gasteiger partial charge in [-0.05, 0) is 34.9 Å². The number of anilines is 1. The van der Waals surface area contributed by atoms with Gasteiger partial charge in [0.15, 0.2) is 0 Å². The molecule has 0 unspecified atom stereocenters. The van der Waals surface area contributed by atoms with Crippen molar-refractivity contribution >= 4 is 22.7 Å². The summed E-state index contributed by atoms with van der Waals surface area (Å²) in [6.07, 6.45) is 1.48. The van der Waals surface area contributed by atoms with E-state index in [4.69, 9.17) is 0 Å². The van der Waals surface area contributed by atoms with Gasteiger partial charge in [-0.15, -0.1) is 0 Å². The Morgan fingerprint density at radius 1 is 1.27 bits per heavy atom. The van der Waals surface area contributed by atoms with E-state index >= 15 is 0 Å². The van der Waals surface area contributed by atoms with E-state index in [0.717, 1.165) is 23.9 Å². The molecule has 1 saturated heterocycles. The standard InChI is InChI=1S/C17H20N6O3/c1-11-18-15(23(25)26)16(20(11)2)21-9-7-12(8-10-21)22-14-6-4-3-5-13(14)19-17(22)24/h3-6,12H,7-10H2,1-2H3,(H,19,24). The van der Waals surface area contributed by atoms with Crippen LogP contribution in [-0.2, 0) is 7.05 Å². The zero-order valence-corrected chi connectivity index (χ0v) is 14.7. The highest BCUT2D eigenvalue weighted by Gasteiger charge is 2.32. The Bertz CT molecular complexity index is 1040. The first-order valence-electron chi connectivity index (χ1n) is 8.59. The summed E-state index contributed by atoms with van der Waals surface area (Å²) in [6.45, 7) is 3.03. The van der Waals surface area contributed by atoms with Gasteiger partial charge < -0.3 is 20.0 Å². The van der Waals surface area contributed by atoms with E-state index in [1.165, 1.54) is 0 Å². The van der Waals surface area contributed by atoms with Gasteiger partial charge in [0.2, 0.25) is 11.6 Å². The maximum absolute atomic E-state index is 12.4. The minimum absolute atomic E-state index is 0.0725. The summed E-state index contributed by atoms with van der Waals surface area (Å²) < 4.78 is 3.58. The molecule has 1 aliphatic rings. The first kappa shape index (κ1) is 16.4. The minimum Gasteiger partial charge on any atom is -0.358 e. The smallest absolute Gasteiger partial charge is 0.358 e. The number of benzene rings is 1. The molecule has 3 aromatic rings. The van der Waals surface area contributed by atoms with Gasteiger partial charge in [-0.2, -0.15) is 0 Å². The van der Waals surface area contributed by atoms with Crippen molar-refractivity contribution in [3.63, 3.8) is 0 Å². The van der Waals surface area contributed by atoms with Crippen molar-refractivity contribution in [2.45, 2.75) is 25.8 Å². The third kappa shape index (κ3) is 2.47. The van der Waals surface area contributed by atoms with Crippen molar-refractivity contribution in [3.05, 3.63) is 50.7 Å². The molecule has 0 radical (unpaired) electrons. The number of imidazole rings is 2. The highest BCUT2D eigenvalue weighted by Crippen LogP contribution is 2.33. The number of nitro groups is 1. The lowest BCUT2D eigenvalue weighted by Crippen LogP contribution is -2.38. The molecule has 0 amide bonds. The molecule has 26 heavy (non-hydrogen) atoms. The molecule has 136 valence electrons. The molecule has 3 heterocycles. The fraction of sp³-hybridized carbons (Fsp3) is 0.412. The Kier molecular flexibility index (Phi) is 3.78. The molecular weight excluding hydrogens is 336 g/mol. The quantitative estimate of drug-likeness (QED) is 0.572. The Hall–Kier alpha value is -3.10. The van der Waals surface area contributed by atoms with Gasteiger partial charge >= 0.3 is 11.5 Å². The molecule has 4 rings (SSSR count). The van der Waals surface area contributed by atoms with Crippen LogP contribution in [0, 0.1) is 17.0 Å². The van der Waals surface area contributed by atoms with Crippen molar-refractivity contribution < 1.29 is 4.92 Å². The SMILES string of the molecule is Cc1nc([N+](=O)[O-])c(N2CCC(n3c(=O)[nH]c4ccccc43)CC2)n1C. The number of aromatic nitrogens is 4. The van der Waals surface area contributed by atoms with Gasteiger partial charge in [0, 0.05) is 33.1 Å². The number of rotatable bonds is 3. The zero-order valence-electron chi connectivity index (χ0n) is 14.7. The predicted octanol–water partition coefficient (Wildman–Crippen LogP) is 2.12. The number of piperidine rings is 1. The molecule has 1 N–H and O–H groups in total. The van der Waals surface area contributed by atoms with E-state index in [1.807, 2.05) is 33.7 Å². The lowest BCUT2D eigenvalue weighted by molar-refractivity contribution is -0.388. The Labute approximate surface area is 149 Å². The van der Waals surface area contributed by atoms with Crippen LogP contribution >= 0.6 is 0 Å². The number of hydrogen-bond acceptors (Lipinski definition) is 5. The summed E-state index contributed by atoms with van der Waals surface area (Å²) in [6, 6.07) is 7.72. The molecular formula is C17H20N6O3. The van der Waals surface area contributed by atoms with E-state index in [1.54, 1.807) is 18.5 Å². The Morgan fingerprint density at radius 3 is 2.65 bits per heavy atom. The van der Waals surface area contributed by atoms with Gasteiger partial charge in [0.1, 0.15) is 0 Å². The van der Waals surface area contributed by atoms with Crippen molar-refractivity contribution in [1.82, 2.24) is 19.1 Å². The minimum atomic E-state index is -0.432. The van der Waals surface area contributed by atoms with E-state index in [0.29, 0.717) is 24.7 Å². The fourth-order valence-electron chi connectivity index (χ4n) is 3.83. The normalized spacial score (nSPS) is 15.7. The Morgan fingerprint density at radius 2 is 1.96 bits per heavy atom. The highest BCUT2D eigenvalue weighted by molar-refractivity contribution is 5.75. The van der Waals surface area contributed by atoms with Gasteiger partial charge in [0.25, 0.3) is 0 Å². The number of hydrogen-bond donors (Lipinski definition) is 1. The number of nitrogens with one attached hydrogen (secondary N) is 1. The molecule has 0 saturated carbocycles. The van der Waals surface area contributed by atoms with Crippen molar-refractivity contribution in [3.8, 4) is 0 Å². The largest absolute Gasteiger partial charge is 0.406 e. The van der Waals surface area contributed by atoms with Crippen LogP contribution in [0.1, 0.15) is 24.7 Å². The topological polar surface area (TPSA) is 102 Å². The van der Waals surface area contributed by atoms with Gasteiger partial charge in [0.05, 0.1) is 11.0 Å². The maximum Gasteiger partial charge on any atom is 0.406 e. The van der Waals surface area contributed by atoms with Gasteiger partial charge in [-0.25, -0.2) is 4.79 Å². The molecule has 1 aromatic carbocycles. The molecule has 0 atom stereocenters. The number of para-hydroxylation sites is 2. The predicted molar refractivity (Wildman–Crippen MR) is 97.6 cm³/mol. The average Bonchev–Trinajstić information content (AvgIpc) is 3.11.